The number of unbranched alkanes of at least 4 members (excludes halogenated alkanes) is 2. The van der Waals surface area contributed by atoms with Gasteiger partial charge in [0, 0.05) is 18.8 Å². The highest BCUT2D eigenvalue weighted by atomic mass is 16.5. The first kappa shape index (κ1) is 30.0. The van der Waals surface area contributed by atoms with Gasteiger partial charge in [-0.3, -0.25) is 24.2 Å². The van der Waals surface area contributed by atoms with Crippen LogP contribution >= 0.6 is 0 Å². The topological polar surface area (TPSA) is 161 Å². The molecule has 10 nitrogen and oxygen atoms in total. The Morgan fingerprint density at radius 1 is 1.14 bits per heavy atom. The molecule has 1 rings (SSSR count). The molecule has 0 saturated carbocycles. The van der Waals surface area contributed by atoms with E-state index in [9.17, 15) is 19.2 Å². The van der Waals surface area contributed by atoms with Crippen molar-refractivity contribution >= 4 is 23.8 Å². The van der Waals surface area contributed by atoms with Crippen LogP contribution in [0.15, 0.2) is 24.5 Å². The summed E-state index contributed by atoms with van der Waals surface area (Å²) >= 11 is 0. The summed E-state index contributed by atoms with van der Waals surface area (Å²) in [6.07, 6.45) is 6.35. The molecule has 5 atom stereocenters. The quantitative estimate of drug-likeness (QED) is 0.201. The number of rotatable bonds is 16. The molecule has 0 aromatic carbocycles. The number of ether oxygens (including phenoxy) is 1. The Morgan fingerprint density at radius 3 is 2.43 bits per heavy atom. The third-order valence-electron chi connectivity index (χ3n) is 5.90. The number of carbonyl (C=O) groups excluding carboxylic acids is 3. The Labute approximate surface area is 207 Å². The molecule has 196 valence electrons. The zero-order valence-electron chi connectivity index (χ0n) is 21.2. The molecule has 0 aliphatic carbocycles. The maximum atomic E-state index is 12.9. The molecule has 0 unspecified atom stereocenters. The van der Waals surface area contributed by atoms with Crippen molar-refractivity contribution in [2.75, 3.05) is 0 Å². The second-order valence-electron chi connectivity index (χ2n) is 8.92. The second-order valence-corrected chi connectivity index (χ2v) is 8.92. The van der Waals surface area contributed by atoms with E-state index in [4.69, 9.17) is 15.6 Å². The van der Waals surface area contributed by atoms with Crippen LogP contribution in [0, 0.1) is 5.92 Å². The largest absolute Gasteiger partial charge is 0.480 e. The van der Waals surface area contributed by atoms with Crippen LogP contribution in [0.25, 0.3) is 0 Å². The van der Waals surface area contributed by atoms with E-state index in [0.29, 0.717) is 12.0 Å². The fourth-order valence-electron chi connectivity index (χ4n) is 3.35. The first-order chi connectivity index (χ1) is 16.6. The molecular formula is C25H40N4O6. The number of esters is 1. The number of nitrogens with zero attached hydrogens (tertiary/aromatic N) is 1. The van der Waals surface area contributed by atoms with Crippen LogP contribution in [0.2, 0.25) is 0 Å². The number of nitrogens with two attached hydrogens (primary N) is 1. The fourth-order valence-corrected chi connectivity index (χ4v) is 3.35. The monoisotopic (exact) mass is 492 g/mol. The molecule has 0 aliphatic heterocycles. The van der Waals surface area contributed by atoms with E-state index in [2.05, 4.69) is 15.6 Å². The number of amides is 2. The van der Waals surface area contributed by atoms with Gasteiger partial charge in [0.25, 0.3) is 0 Å². The zero-order valence-corrected chi connectivity index (χ0v) is 21.2. The van der Waals surface area contributed by atoms with Crippen LogP contribution in [0.1, 0.15) is 71.8 Å². The van der Waals surface area contributed by atoms with E-state index in [1.807, 2.05) is 20.8 Å². The van der Waals surface area contributed by atoms with Crippen molar-refractivity contribution in [1.29, 1.82) is 0 Å². The van der Waals surface area contributed by atoms with E-state index in [1.54, 1.807) is 24.5 Å². The van der Waals surface area contributed by atoms with E-state index in [-0.39, 0.29) is 18.8 Å². The van der Waals surface area contributed by atoms with Crippen LogP contribution in [0.3, 0.4) is 0 Å². The number of aromatic nitrogens is 1. The molecule has 0 fully saturated rings. The Hall–Kier alpha value is -3.01. The number of carboxylic acid groups (broad SMARTS) is 1. The summed E-state index contributed by atoms with van der Waals surface area (Å²) in [7, 11) is 0. The summed E-state index contributed by atoms with van der Waals surface area (Å²) in [4.78, 5) is 53.4. The Bertz CT molecular complexity index is 819. The zero-order chi connectivity index (χ0) is 26.4. The predicted octanol–water partition coefficient (Wildman–Crippen LogP) is 1.95. The molecule has 0 bridgehead atoms. The summed E-state index contributed by atoms with van der Waals surface area (Å²) in [5.41, 5.74) is 6.70. The van der Waals surface area contributed by atoms with Crippen molar-refractivity contribution in [1.82, 2.24) is 15.6 Å². The van der Waals surface area contributed by atoms with Crippen LogP contribution in [0.5, 0.6) is 0 Å². The maximum Gasteiger partial charge on any atom is 0.325 e. The SMILES string of the molecule is CCCCC[C@H](CC(=O)N[C@@H](Cc1cccnc1)C(=O)N[C@@H](C)C(=O)O)OC(=O)[C@H](N)[C@@H](C)CC. The minimum Gasteiger partial charge on any atom is -0.480 e. The van der Waals surface area contributed by atoms with Gasteiger partial charge in [-0.05, 0) is 37.3 Å². The van der Waals surface area contributed by atoms with Crippen molar-refractivity contribution in [2.24, 2.45) is 11.7 Å². The minimum atomic E-state index is -1.19. The molecule has 0 saturated heterocycles. The van der Waals surface area contributed by atoms with E-state index in [1.165, 1.54) is 6.92 Å². The van der Waals surface area contributed by atoms with Crippen molar-refractivity contribution < 1.29 is 29.0 Å². The lowest BCUT2D eigenvalue weighted by Gasteiger charge is -2.24. The molecule has 1 heterocycles. The third-order valence-corrected chi connectivity index (χ3v) is 5.90. The van der Waals surface area contributed by atoms with Gasteiger partial charge in [-0.15, -0.1) is 0 Å². The van der Waals surface area contributed by atoms with Gasteiger partial charge >= 0.3 is 11.9 Å². The Morgan fingerprint density at radius 2 is 1.86 bits per heavy atom. The molecule has 35 heavy (non-hydrogen) atoms. The van der Waals surface area contributed by atoms with Crippen LogP contribution in [-0.2, 0) is 30.3 Å². The summed E-state index contributed by atoms with van der Waals surface area (Å²) in [6, 6.07) is 0.531. The van der Waals surface area contributed by atoms with Gasteiger partial charge in [-0.1, -0.05) is 46.1 Å². The standard InChI is InChI=1S/C25H40N4O6/c1-5-7-8-11-19(35-25(34)22(26)16(3)6-2)14-21(30)29-20(13-18-10-9-12-27-15-18)23(31)28-17(4)24(32)33/h9-10,12,15-17,19-20,22H,5-8,11,13-14,26H2,1-4H3,(H,28,31)(H,29,30)(H,32,33)/t16-,17-,19+,20-,22+/m0/s1. The molecule has 0 spiro atoms. The predicted molar refractivity (Wildman–Crippen MR) is 131 cm³/mol. The fraction of sp³-hybridized carbons (Fsp3) is 0.640. The number of hydrogen-bond donors (Lipinski definition) is 4. The molecule has 0 radical (unpaired) electrons. The highest BCUT2D eigenvalue weighted by Crippen LogP contribution is 2.15. The summed E-state index contributed by atoms with van der Waals surface area (Å²) < 4.78 is 5.60. The third kappa shape index (κ3) is 11.3. The maximum absolute atomic E-state index is 12.9. The number of aliphatic carboxylic acids is 1. The van der Waals surface area contributed by atoms with Gasteiger partial charge in [0.2, 0.25) is 11.8 Å². The molecular weight excluding hydrogens is 452 g/mol. The molecule has 10 heteroatoms. The average molecular weight is 493 g/mol. The summed E-state index contributed by atoms with van der Waals surface area (Å²) in [5.74, 6) is -2.91. The normalized spacial score (nSPS) is 15.2. The summed E-state index contributed by atoms with van der Waals surface area (Å²) in [6.45, 7) is 7.19. The summed E-state index contributed by atoms with van der Waals surface area (Å²) in [5, 5.41) is 14.2. The minimum absolute atomic E-state index is 0.0589. The van der Waals surface area contributed by atoms with E-state index in [0.717, 1.165) is 25.7 Å². The number of nitrogens with one attached hydrogen (secondary N) is 2. The Kier molecular flexibility index (Phi) is 13.6. The van der Waals surface area contributed by atoms with Gasteiger partial charge in [0.15, 0.2) is 0 Å². The van der Waals surface area contributed by atoms with Gasteiger partial charge in [0.1, 0.15) is 24.2 Å². The first-order valence-corrected chi connectivity index (χ1v) is 12.3. The number of carbonyl (C=O) groups is 4. The van der Waals surface area contributed by atoms with Crippen molar-refractivity contribution in [3.63, 3.8) is 0 Å². The number of hydrogen-bond acceptors (Lipinski definition) is 7. The molecule has 0 aliphatic rings. The van der Waals surface area contributed by atoms with Gasteiger partial charge in [0.05, 0.1) is 6.42 Å². The van der Waals surface area contributed by atoms with Crippen molar-refractivity contribution in [3.8, 4) is 0 Å². The lowest BCUT2D eigenvalue weighted by molar-refractivity contribution is -0.153. The lowest BCUT2D eigenvalue weighted by Crippen LogP contribution is -2.52. The Balaban J connectivity index is 2.93. The smallest absolute Gasteiger partial charge is 0.325 e. The second kappa shape index (κ2) is 15.8. The van der Waals surface area contributed by atoms with Gasteiger partial charge in [-0.2, -0.15) is 0 Å². The van der Waals surface area contributed by atoms with E-state index < -0.39 is 48.0 Å². The van der Waals surface area contributed by atoms with Gasteiger partial charge in [-0.25, -0.2) is 0 Å². The van der Waals surface area contributed by atoms with Crippen LogP contribution in [0.4, 0.5) is 0 Å². The molecule has 1 aromatic rings. The van der Waals surface area contributed by atoms with Crippen molar-refractivity contribution in [2.45, 2.75) is 96.9 Å². The van der Waals surface area contributed by atoms with Crippen molar-refractivity contribution in [3.05, 3.63) is 30.1 Å². The first-order valence-electron chi connectivity index (χ1n) is 12.3. The molecule has 5 N–H and O–H groups in total. The average Bonchev–Trinajstić information content (AvgIpc) is 2.83. The van der Waals surface area contributed by atoms with Crippen LogP contribution < -0.4 is 16.4 Å². The number of pyridine rings is 1. The van der Waals surface area contributed by atoms with Gasteiger partial charge < -0.3 is 26.2 Å². The lowest BCUT2D eigenvalue weighted by atomic mass is 10.00. The van der Waals surface area contributed by atoms with Crippen LogP contribution in [-0.4, -0.2) is 58.1 Å². The highest BCUT2D eigenvalue weighted by molar-refractivity contribution is 5.90. The van der Waals surface area contributed by atoms with E-state index >= 15 is 0 Å². The number of carboxylic acids is 1. The molecule has 1 aromatic heterocycles. The highest BCUT2D eigenvalue weighted by Gasteiger charge is 2.28. The molecule has 2 amide bonds.